The first-order valence-corrected chi connectivity index (χ1v) is 7.85. The molecule has 1 aromatic heterocycles. The molecule has 2 N–H and O–H groups in total. The molecule has 2 rings (SSSR count). The van der Waals surface area contributed by atoms with Gasteiger partial charge in [-0.05, 0) is 32.2 Å². The van der Waals surface area contributed by atoms with E-state index in [4.69, 9.17) is 15.2 Å². The van der Waals surface area contributed by atoms with Crippen molar-refractivity contribution in [3.63, 3.8) is 0 Å². The van der Waals surface area contributed by atoms with E-state index in [1.807, 2.05) is 6.07 Å². The summed E-state index contributed by atoms with van der Waals surface area (Å²) in [5, 5.41) is 0. The van der Waals surface area contributed by atoms with E-state index in [9.17, 15) is 0 Å². The summed E-state index contributed by atoms with van der Waals surface area (Å²) in [6, 6.07) is 1.92. The quantitative estimate of drug-likeness (QED) is 0.734. The number of hydrogen-bond donors (Lipinski definition) is 1. The zero-order valence-electron chi connectivity index (χ0n) is 12.8. The van der Waals surface area contributed by atoms with Gasteiger partial charge >= 0.3 is 0 Å². The maximum absolute atomic E-state index is 5.82. The summed E-state index contributed by atoms with van der Waals surface area (Å²) in [4.78, 5) is 10.8. The first kappa shape index (κ1) is 16.0. The van der Waals surface area contributed by atoms with Crippen molar-refractivity contribution in [1.29, 1.82) is 0 Å². The molecule has 0 aromatic carbocycles. The highest BCUT2D eigenvalue weighted by atomic mass is 16.5. The molecule has 0 aliphatic carbocycles. The molecule has 1 saturated heterocycles. The molecule has 0 spiro atoms. The molecule has 0 unspecified atom stereocenters. The van der Waals surface area contributed by atoms with Crippen molar-refractivity contribution in [2.45, 2.75) is 38.7 Å². The van der Waals surface area contributed by atoms with Gasteiger partial charge in [0.25, 0.3) is 0 Å². The van der Waals surface area contributed by atoms with Gasteiger partial charge in [0.2, 0.25) is 5.88 Å². The van der Waals surface area contributed by atoms with Gasteiger partial charge in [0.05, 0.1) is 12.7 Å². The van der Waals surface area contributed by atoms with Gasteiger partial charge in [-0.2, -0.15) is 0 Å². The van der Waals surface area contributed by atoms with Crippen LogP contribution in [0.2, 0.25) is 0 Å². The Morgan fingerprint density at radius 2 is 2.10 bits per heavy atom. The summed E-state index contributed by atoms with van der Waals surface area (Å²) in [6.45, 7) is 6.14. The second-order valence-corrected chi connectivity index (χ2v) is 5.26. The molecule has 21 heavy (non-hydrogen) atoms. The average Bonchev–Trinajstić information content (AvgIpc) is 2.54. The van der Waals surface area contributed by atoms with E-state index in [1.54, 1.807) is 6.33 Å². The maximum Gasteiger partial charge on any atom is 0.218 e. The van der Waals surface area contributed by atoms with Crippen LogP contribution in [0.5, 0.6) is 5.88 Å². The predicted molar refractivity (Wildman–Crippen MR) is 82.7 cm³/mol. The Morgan fingerprint density at radius 3 is 2.81 bits per heavy atom. The number of nitrogens with two attached hydrogens (primary N) is 1. The summed E-state index contributed by atoms with van der Waals surface area (Å²) >= 11 is 0. The third kappa shape index (κ3) is 5.13. The van der Waals surface area contributed by atoms with E-state index in [-0.39, 0.29) is 0 Å². The van der Waals surface area contributed by atoms with Crippen LogP contribution in [0.1, 0.15) is 32.6 Å². The van der Waals surface area contributed by atoms with Crippen molar-refractivity contribution in [3.05, 3.63) is 12.4 Å². The Hall–Kier alpha value is -1.40. The molecular formula is C15H26N4O2. The van der Waals surface area contributed by atoms with Crippen LogP contribution < -0.4 is 15.4 Å². The minimum atomic E-state index is 0.352. The van der Waals surface area contributed by atoms with Crippen LogP contribution in [0.4, 0.5) is 5.82 Å². The van der Waals surface area contributed by atoms with E-state index in [0.29, 0.717) is 25.1 Å². The largest absolute Gasteiger partial charge is 0.478 e. The number of ether oxygens (including phenoxy) is 2. The highest BCUT2D eigenvalue weighted by Gasteiger charge is 2.20. The van der Waals surface area contributed by atoms with Gasteiger partial charge in [0.1, 0.15) is 12.1 Å². The van der Waals surface area contributed by atoms with Crippen molar-refractivity contribution in [1.82, 2.24) is 9.97 Å². The zero-order chi connectivity index (χ0) is 14.9. The number of anilines is 1. The van der Waals surface area contributed by atoms with Crippen LogP contribution in [0.25, 0.3) is 0 Å². The summed E-state index contributed by atoms with van der Waals surface area (Å²) < 4.78 is 11.4. The third-order valence-corrected chi connectivity index (χ3v) is 3.55. The Morgan fingerprint density at radius 1 is 1.29 bits per heavy atom. The molecule has 0 radical (unpaired) electrons. The van der Waals surface area contributed by atoms with Gasteiger partial charge in [0, 0.05) is 25.8 Å². The fourth-order valence-electron chi connectivity index (χ4n) is 2.37. The van der Waals surface area contributed by atoms with Gasteiger partial charge in [-0.15, -0.1) is 0 Å². The van der Waals surface area contributed by atoms with Crippen molar-refractivity contribution in [3.8, 4) is 5.88 Å². The number of hydrogen-bond acceptors (Lipinski definition) is 6. The second kappa shape index (κ2) is 8.79. The normalized spacial score (nSPS) is 16.2. The molecule has 0 saturated carbocycles. The van der Waals surface area contributed by atoms with E-state index < -0.39 is 0 Å². The number of piperidine rings is 1. The van der Waals surface area contributed by atoms with E-state index >= 15 is 0 Å². The lowest BCUT2D eigenvalue weighted by Gasteiger charge is -2.32. The third-order valence-electron chi connectivity index (χ3n) is 3.55. The standard InChI is InChI=1S/C15H26N4O2/c1-2-9-21-15-11-14(17-12-18-15)19-7-4-13(5-8-19)20-10-3-6-16/h11-13H,2-10,16H2,1H3. The van der Waals surface area contributed by atoms with Crippen molar-refractivity contribution >= 4 is 5.82 Å². The van der Waals surface area contributed by atoms with E-state index in [1.165, 1.54) is 0 Å². The van der Waals surface area contributed by atoms with Gasteiger partial charge < -0.3 is 20.1 Å². The highest BCUT2D eigenvalue weighted by molar-refractivity contribution is 5.41. The lowest BCUT2D eigenvalue weighted by atomic mass is 10.1. The van der Waals surface area contributed by atoms with Gasteiger partial charge in [-0.25, -0.2) is 9.97 Å². The monoisotopic (exact) mass is 294 g/mol. The molecule has 1 aliphatic heterocycles. The van der Waals surface area contributed by atoms with Crippen LogP contribution >= 0.6 is 0 Å². The molecule has 2 heterocycles. The Balaban J connectivity index is 1.81. The molecule has 1 aliphatic rings. The molecule has 6 heteroatoms. The van der Waals surface area contributed by atoms with Gasteiger partial charge in [-0.1, -0.05) is 6.92 Å². The molecule has 118 valence electrons. The minimum Gasteiger partial charge on any atom is -0.478 e. The van der Waals surface area contributed by atoms with Crippen LogP contribution in [-0.2, 0) is 4.74 Å². The van der Waals surface area contributed by atoms with Crippen molar-refractivity contribution < 1.29 is 9.47 Å². The second-order valence-electron chi connectivity index (χ2n) is 5.26. The Bertz CT molecular complexity index is 408. The van der Waals surface area contributed by atoms with Crippen LogP contribution in [0, 0.1) is 0 Å². The minimum absolute atomic E-state index is 0.352. The van der Waals surface area contributed by atoms with E-state index in [0.717, 1.165) is 51.2 Å². The maximum atomic E-state index is 5.82. The summed E-state index contributed by atoms with van der Waals surface area (Å²) in [5.41, 5.74) is 5.48. The smallest absolute Gasteiger partial charge is 0.218 e. The van der Waals surface area contributed by atoms with Gasteiger partial charge in [-0.3, -0.25) is 0 Å². The highest BCUT2D eigenvalue weighted by Crippen LogP contribution is 2.21. The predicted octanol–water partition coefficient (Wildman–Crippen LogP) is 1.60. The molecule has 6 nitrogen and oxygen atoms in total. The van der Waals surface area contributed by atoms with Gasteiger partial charge in [0.15, 0.2) is 0 Å². The van der Waals surface area contributed by atoms with Crippen molar-refractivity contribution in [2.75, 3.05) is 37.7 Å². The molecule has 0 atom stereocenters. The topological polar surface area (TPSA) is 73.5 Å². The molecule has 1 fully saturated rings. The van der Waals surface area contributed by atoms with E-state index in [2.05, 4.69) is 21.8 Å². The SMILES string of the molecule is CCCOc1cc(N2CCC(OCCCN)CC2)ncn1. The first-order valence-electron chi connectivity index (χ1n) is 7.85. The average molecular weight is 294 g/mol. The fraction of sp³-hybridized carbons (Fsp3) is 0.733. The number of aromatic nitrogens is 2. The number of rotatable bonds is 8. The fourth-order valence-corrected chi connectivity index (χ4v) is 2.37. The lowest BCUT2D eigenvalue weighted by molar-refractivity contribution is 0.0365. The summed E-state index contributed by atoms with van der Waals surface area (Å²) in [7, 11) is 0. The number of nitrogens with zero attached hydrogens (tertiary/aromatic N) is 3. The van der Waals surface area contributed by atoms with Crippen LogP contribution in [0.15, 0.2) is 12.4 Å². The zero-order valence-corrected chi connectivity index (χ0v) is 12.8. The lowest BCUT2D eigenvalue weighted by Crippen LogP contribution is -2.37. The molecular weight excluding hydrogens is 268 g/mol. The van der Waals surface area contributed by atoms with Crippen LogP contribution in [-0.4, -0.2) is 48.9 Å². The first-order chi connectivity index (χ1) is 10.3. The Labute approximate surface area is 126 Å². The molecule has 0 bridgehead atoms. The summed E-state index contributed by atoms with van der Waals surface area (Å²) in [6.07, 6.45) is 5.89. The summed E-state index contributed by atoms with van der Waals surface area (Å²) in [5.74, 6) is 1.60. The van der Waals surface area contributed by atoms with Crippen LogP contribution in [0.3, 0.4) is 0 Å². The molecule has 0 amide bonds. The molecule has 1 aromatic rings. The van der Waals surface area contributed by atoms with Crippen molar-refractivity contribution in [2.24, 2.45) is 5.73 Å². The Kier molecular flexibility index (Phi) is 6.69.